The average Bonchev–Trinajstić information content (AvgIpc) is 2.48. The normalized spacial score (nSPS) is 23.5. The van der Waals surface area contributed by atoms with Gasteiger partial charge in [0.15, 0.2) is 0 Å². The fraction of sp³-hybridized carbons (Fsp3) is 0.600. The van der Waals surface area contributed by atoms with Gasteiger partial charge < -0.3 is 5.73 Å². The monoisotopic (exact) mass is 374 g/mol. The van der Waals surface area contributed by atoms with Gasteiger partial charge in [-0.25, -0.2) is 8.42 Å². The molecular weight excluding hydrogens is 352 g/mol. The van der Waals surface area contributed by atoms with Crippen LogP contribution in [0.1, 0.15) is 31.2 Å². The van der Waals surface area contributed by atoms with E-state index in [-0.39, 0.29) is 12.0 Å². The Balaban J connectivity index is 2.36. The first-order valence-corrected chi connectivity index (χ1v) is 9.55. The lowest BCUT2D eigenvalue weighted by Gasteiger charge is -2.37. The van der Waals surface area contributed by atoms with E-state index in [4.69, 9.17) is 5.73 Å². The molecule has 1 aromatic rings. The van der Waals surface area contributed by atoms with Crippen LogP contribution >= 0.6 is 15.9 Å². The quantitative estimate of drug-likeness (QED) is 0.880. The van der Waals surface area contributed by atoms with Crippen LogP contribution in [0.5, 0.6) is 0 Å². The molecule has 1 aliphatic rings. The predicted octanol–water partition coefficient (Wildman–Crippen LogP) is 2.90. The molecule has 1 saturated carbocycles. The van der Waals surface area contributed by atoms with Crippen LogP contribution in [0, 0.1) is 12.8 Å². The predicted molar refractivity (Wildman–Crippen MR) is 88.6 cm³/mol. The van der Waals surface area contributed by atoms with Crippen molar-refractivity contribution in [1.82, 2.24) is 4.31 Å². The van der Waals surface area contributed by atoms with Gasteiger partial charge in [0.25, 0.3) is 0 Å². The Morgan fingerprint density at radius 3 is 2.67 bits per heavy atom. The molecule has 2 atom stereocenters. The molecule has 118 valence electrons. The Morgan fingerprint density at radius 2 is 2.00 bits per heavy atom. The number of aryl methyl sites for hydroxylation is 1. The second-order valence-corrected chi connectivity index (χ2v) is 8.66. The molecular formula is C15H23BrN2O2S. The number of nitrogens with zero attached hydrogens (tertiary/aromatic N) is 1. The first-order chi connectivity index (χ1) is 9.87. The van der Waals surface area contributed by atoms with Crippen LogP contribution in [0.25, 0.3) is 0 Å². The molecule has 0 spiro atoms. The van der Waals surface area contributed by atoms with Crippen LogP contribution in [0.3, 0.4) is 0 Å². The molecule has 0 aliphatic heterocycles. The maximum absolute atomic E-state index is 12.9. The van der Waals surface area contributed by atoms with Crippen LogP contribution in [-0.4, -0.2) is 32.4 Å². The lowest BCUT2D eigenvalue weighted by atomic mass is 9.85. The summed E-state index contributed by atoms with van der Waals surface area (Å²) in [5.41, 5.74) is 6.61. The molecule has 2 N–H and O–H groups in total. The van der Waals surface area contributed by atoms with Gasteiger partial charge in [-0.05, 0) is 49.9 Å². The molecule has 2 unspecified atom stereocenters. The van der Waals surface area contributed by atoms with Gasteiger partial charge in [-0.1, -0.05) is 34.8 Å². The molecule has 0 radical (unpaired) electrons. The van der Waals surface area contributed by atoms with Crippen molar-refractivity contribution in [2.75, 3.05) is 13.6 Å². The Hall–Kier alpha value is -0.430. The minimum absolute atomic E-state index is 0.00660. The molecule has 6 heteroatoms. The standard InChI is InChI=1S/C15H23BrN2O2S/c1-11-7-8-13(16)9-15(11)21(19,20)18(2)14-6-4-3-5-12(14)10-17/h7-9,12,14H,3-6,10,17H2,1-2H3. The zero-order valence-electron chi connectivity index (χ0n) is 12.5. The van der Waals surface area contributed by atoms with E-state index in [1.807, 2.05) is 19.1 Å². The highest BCUT2D eigenvalue weighted by Crippen LogP contribution is 2.32. The van der Waals surface area contributed by atoms with Crippen LogP contribution in [0.4, 0.5) is 0 Å². The lowest BCUT2D eigenvalue weighted by molar-refractivity contribution is 0.204. The van der Waals surface area contributed by atoms with Crippen molar-refractivity contribution < 1.29 is 8.42 Å². The Bertz CT molecular complexity index is 604. The van der Waals surface area contributed by atoms with Gasteiger partial charge in [0, 0.05) is 17.6 Å². The summed E-state index contributed by atoms with van der Waals surface area (Å²) in [4.78, 5) is 0.376. The van der Waals surface area contributed by atoms with E-state index >= 15 is 0 Å². The zero-order chi connectivity index (χ0) is 15.6. The molecule has 1 aromatic carbocycles. The summed E-state index contributed by atoms with van der Waals surface area (Å²) >= 11 is 3.36. The van der Waals surface area contributed by atoms with Gasteiger partial charge in [-0.15, -0.1) is 0 Å². The Kier molecular flexibility index (Phi) is 5.46. The van der Waals surface area contributed by atoms with Crippen LogP contribution < -0.4 is 5.73 Å². The van der Waals surface area contributed by atoms with E-state index < -0.39 is 10.0 Å². The van der Waals surface area contributed by atoms with E-state index in [0.717, 1.165) is 35.7 Å². The van der Waals surface area contributed by atoms with Crippen LogP contribution in [-0.2, 0) is 10.0 Å². The lowest BCUT2D eigenvalue weighted by Crippen LogP contribution is -2.45. The molecule has 4 nitrogen and oxygen atoms in total. The van der Waals surface area contributed by atoms with Crippen molar-refractivity contribution in [3.05, 3.63) is 28.2 Å². The summed E-state index contributed by atoms with van der Waals surface area (Å²) in [6.45, 7) is 2.37. The summed E-state index contributed by atoms with van der Waals surface area (Å²) < 4.78 is 28.2. The van der Waals surface area contributed by atoms with E-state index in [9.17, 15) is 8.42 Å². The summed E-state index contributed by atoms with van der Waals surface area (Å²) in [5.74, 6) is 0.256. The van der Waals surface area contributed by atoms with Crippen molar-refractivity contribution in [2.24, 2.45) is 11.7 Å². The molecule has 0 amide bonds. The van der Waals surface area contributed by atoms with Crippen LogP contribution in [0.15, 0.2) is 27.6 Å². The van der Waals surface area contributed by atoms with Gasteiger partial charge >= 0.3 is 0 Å². The minimum atomic E-state index is -3.49. The number of sulfonamides is 1. The van der Waals surface area contributed by atoms with Crippen molar-refractivity contribution in [2.45, 2.75) is 43.5 Å². The molecule has 21 heavy (non-hydrogen) atoms. The topological polar surface area (TPSA) is 63.4 Å². The summed E-state index contributed by atoms with van der Waals surface area (Å²) in [5, 5.41) is 0. The smallest absolute Gasteiger partial charge is 0.243 e. The molecule has 0 heterocycles. The number of benzene rings is 1. The van der Waals surface area contributed by atoms with Gasteiger partial charge in [0.2, 0.25) is 10.0 Å². The second kappa shape index (κ2) is 6.77. The molecule has 1 aliphatic carbocycles. The molecule has 0 bridgehead atoms. The SMILES string of the molecule is Cc1ccc(Br)cc1S(=O)(=O)N(C)C1CCCCC1CN. The van der Waals surface area contributed by atoms with Gasteiger partial charge in [-0.2, -0.15) is 4.31 Å². The third-order valence-corrected chi connectivity index (χ3v) is 6.96. The van der Waals surface area contributed by atoms with Crippen molar-refractivity contribution in [3.63, 3.8) is 0 Å². The fourth-order valence-corrected chi connectivity index (χ4v) is 5.33. The third kappa shape index (κ3) is 3.50. The zero-order valence-corrected chi connectivity index (χ0v) is 15.0. The minimum Gasteiger partial charge on any atom is -0.330 e. The molecule has 2 rings (SSSR count). The summed E-state index contributed by atoms with van der Waals surface area (Å²) in [6, 6.07) is 5.37. The summed E-state index contributed by atoms with van der Waals surface area (Å²) in [7, 11) is -1.80. The van der Waals surface area contributed by atoms with Crippen molar-refractivity contribution >= 4 is 26.0 Å². The second-order valence-electron chi connectivity index (χ2n) is 5.78. The number of hydrogen-bond acceptors (Lipinski definition) is 3. The first-order valence-electron chi connectivity index (χ1n) is 7.32. The number of nitrogens with two attached hydrogens (primary N) is 1. The highest BCUT2D eigenvalue weighted by atomic mass is 79.9. The molecule has 0 aromatic heterocycles. The van der Waals surface area contributed by atoms with Gasteiger partial charge in [-0.3, -0.25) is 0 Å². The molecule has 1 fully saturated rings. The molecule has 0 saturated heterocycles. The van der Waals surface area contributed by atoms with E-state index in [1.54, 1.807) is 17.4 Å². The van der Waals surface area contributed by atoms with E-state index in [2.05, 4.69) is 15.9 Å². The van der Waals surface area contributed by atoms with E-state index in [0.29, 0.717) is 11.4 Å². The maximum Gasteiger partial charge on any atom is 0.243 e. The highest BCUT2D eigenvalue weighted by Gasteiger charge is 2.35. The number of halogens is 1. The maximum atomic E-state index is 12.9. The first kappa shape index (κ1) is 16.9. The van der Waals surface area contributed by atoms with Gasteiger partial charge in [0.1, 0.15) is 0 Å². The average molecular weight is 375 g/mol. The Morgan fingerprint density at radius 1 is 1.33 bits per heavy atom. The number of rotatable bonds is 4. The van der Waals surface area contributed by atoms with Gasteiger partial charge in [0.05, 0.1) is 4.90 Å². The van der Waals surface area contributed by atoms with Crippen LogP contribution in [0.2, 0.25) is 0 Å². The largest absolute Gasteiger partial charge is 0.330 e. The number of hydrogen-bond donors (Lipinski definition) is 1. The van der Waals surface area contributed by atoms with Crippen molar-refractivity contribution in [3.8, 4) is 0 Å². The fourth-order valence-electron chi connectivity index (χ4n) is 3.13. The Labute approximate surface area is 135 Å². The highest BCUT2D eigenvalue weighted by molar-refractivity contribution is 9.10. The summed E-state index contributed by atoms with van der Waals surface area (Å²) in [6.07, 6.45) is 4.11. The van der Waals surface area contributed by atoms with E-state index in [1.165, 1.54) is 0 Å². The van der Waals surface area contributed by atoms with Crippen molar-refractivity contribution in [1.29, 1.82) is 0 Å². The third-order valence-electron chi connectivity index (χ3n) is 4.45.